The first-order valence-electron chi connectivity index (χ1n) is 6.10. The van der Waals surface area contributed by atoms with Gasteiger partial charge in [-0.15, -0.1) is 0 Å². The minimum Gasteiger partial charge on any atom is -0.456 e. The van der Waals surface area contributed by atoms with Gasteiger partial charge < -0.3 is 9.32 Å². The molecule has 0 bridgehead atoms. The van der Waals surface area contributed by atoms with Gasteiger partial charge in [-0.1, -0.05) is 0 Å². The van der Waals surface area contributed by atoms with Gasteiger partial charge in [-0.05, 0) is 48.5 Å². The van der Waals surface area contributed by atoms with Gasteiger partial charge in [0.1, 0.15) is 17.2 Å². The van der Waals surface area contributed by atoms with Gasteiger partial charge in [0.15, 0.2) is 0 Å². The van der Waals surface area contributed by atoms with Crippen LogP contribution in [0.25, 0.3) is 22.3 Å². The van der Waals surface area contributed by atoms with Gasteiger partial charge in [0.2, 0.25) is 0 Å². The minimum atomic E-state index is -0.241. The number of hydrogen-bond donors (Lipinski definition) is 0. The zero-order valence-corrected chi connectivity index (χ0v) is 10.9. The monoisotopic (exact) mass is 255 g/mol. The summed E-state index contributed by atoms with van der Waals surface area (Å²) >= 11 is 0. The van der Waals surface area contributed by atoms with Gasteiger partial charge in [0, 0.05) is 30.7 Å². The molecule has 2 aromatic carbocycles. The molecule has 19 heavy (non-hydrogen) atoms. The summed E-state index contributed by atoms with van der Waals surface area (Å²) in [6.07, 6.45) is 0. The second-order valence-corrected chi connectivity index (χ2v) is 4.73. The molecule has 0 amide bonds. The van der Waals surface area contributed by atoms with Crippen LogP contribution in [0.1, 0.15) is 0 Å². The molecule has 0 fully saturated rings. The fourth-order valence-electron chi connectivity index (χ4n) is 2.07. The second kappa shape index (κ2) is 4.43. The Morgan fingerprint density at radius 3 is 2.37 bits per heavy atom. The Balaban J connectivity index is 2.08. The third-order valence-corrected chi connectivity index (χ3v) is 3.15. The van der Waals surface area contributed by atoms with E-state index in [-0.39, 0.29) is 5.82 Å². The summed E-state index contributed by atoms with van der Waals surface area (Å²) in [7, 11) is 4.00. The van der Waals surface area contributed by atoms with Crippen LogP contribution in [-0.4, -0.2) is 14.1 Å². The first-order chi connectivity index (χ1) is 9.13. The number of benzene rings is 2. The topological polar surface area (TPSA) is 16.4 Å². The minimum absolute atomic E-state index is 0.241. The van der Waals surface area contributed by atoms with E-state index < -0.39 is 0 Å². The van der Waals surface area contributed by atoms with Crippen LogP contribution >= 0.6 is 0 Å². The van der Waals surface area contributed by atoms with Gasteiger partial charge in [-0.2, -0.15) is 0 Å². The highest BCUT2D eigenvalue weighted by Gasteiger charge is 2.07. The molecule has 0 spiro atoms. The summed E-state index contributed by atoms with van der Waals surface area (Å²) in [4.78, 5) is 2.05. The number of furan rings is 1. The molecule has 1 aromatic heterocycles. The molecule has 2 nitrogen and oxygen atoms in total. The average molecular weight is 255 g/mol. The Kier molecular flexibility index (Phi) is 2.75. The van der Waals surface area contributed by atoms with Crippen molar-refractivity contribution in [3.8, 4) is 11.3 Å². The van der Waals surface area contributed by atoms with Crippen molar-refractivity contribution in [2.24, 2.45) is 0 Å². The predicted octanol–water partition coefficient (Wildman–Crippen LogP) is 4.30. The summed E-state index contributed by atoms with van der Waals surface area (Å²) in [5.74, 6) is 0.515. The van der Waals surface area contributed by atoms with Crippen LogP contribution in [0.4, 0.5) is 10.1 Å². The molecule has 3 aromatic rings. The molecule has 0 unspecified atom stereocenters. The molecular weight excluding hydrogens is 241 g/mol. The normalized spacial score (nSPS) is 10.9. The highest BCUT2D eigenvalue weighted by atomic mass is 19.1. The van der Waals surface area contributed by atoms with Crippen molar-refractivity contribution in [3.05, 3.63) is 54.3 Å². The van der Waals surface area contributed by atoms with E-state index in [0.29, 0.717) is 0 Å². The fourth-order valence-corrected chi connectivity index (χ4v) is 2.07. The number of fused-ring (bicyclic) bond motifs is 1. The van der Waals surface area contributed by atoms with Crippen LogP contribution in [0.3, 0.4) is 0 Å². The van der Waals surface area contributed by atoms with Crippen LogP contribution in [0, 0.1) is 5.82 Å². The zero-order valence-electron chi connectivity index (χ0n) is 10.9. The largest absolute Gasteiger partial charge is 0.456 e. The van der Waals surface area contributed by atoms with Crippen LogP contribution in [-0.2, 0) is 0 Å². The second-order valence-electron chi connectivity index (χ2n) is 4.73. The summed E-state index contributed by atoms with van der Waals surface area (Å²) in [6, 6.07) is 14.3. The van der Waals surface area contributed by atoms with E-state index in [1.165, 1.54) is 12.1 Å². The number of anilines is 1. The van der Waals surface area contributed by atoms with Crippen molar-refractivity contribution in [1.82, 2.24) is 0 Å². The Labute approximate surface area is 111 Å². The van der Waals surface area contributed by atoms with E-state index >= 15 is 0 Å². The van der Waals surface area contributed by atoms with Gasteiger partial charge in [-0.25, -0.2) is 4.39 Å². The molecule has 0 aliphatic heterocycles. The van der Waals surface area contributed by atoms with E-state index in [4.69, 9.17) is 4.42 Å². The molecule has 96 valence electrons. The molecule has 0 aliphatic carbocycles. The molecule has 0 saturated carbocycles. The summed E-state index contributed by atoms with van der Waals surface area (Å²) in [5, 5.41) is 1.05. The van der Waals surface area contributed by atoms with Crippen LogP contribution < -0.4 is 4.90 Å². The number of nitrogens with zero attached hydrogens (tertiary/aromatic N) is 1. The van der Waals surface area contributed by atoms with Crippen LogP contribution in [0.5, 0.6) is 0 Å². The molecule has 3 heteroatoms. The van der Waals surface area contributed by atoms with Crippen molar-refractivity contribution in [2.45, 2.75) is 0 Å². The van der Waals surface area contributed by atoms with Crippen LogP contribution in [0.15, 0.2) is 52.9 Å². The van der Waals surface area contributed by atoms with E-state index in [2.05, 4.69) is 6.07 Å². The van der Waals surface area contributed by atoms with Crippen molar-refractivity contribution in [1.29, 1.82) is 0 Å². The molecule has 0 aliphatic rings. The highest BCUT2D eigenvalue weighted by Crippen LogP contribution is 2.30. The smallest absolute Gasteiger partial charge is 0.135 e. The molecule has 3 rings (SSSR count). The third-order valence-electron chi connectivity index (χ3n) is 3.15. The van der Waals surface area contributed by atoms with Crippen molar-refractivity contribution >= 4 is 16.7 Å². The maximum atomic E-state index is 12.9. The number of halogens is 1. The van der Waals surface area contributed by atoms with Gasteiger partial charge in [-0.3, -0.25) is 0 Å². The SMILES string of the molecule is CN(C)c1ccc2oc(-c3ccc(F)cc3)cc2c1. The Bertz CT molecular complexity index is 713. The van der Waals surface area contributed by atoms with Gasteiger partial charge in [0.05, 0.1) is 0 Å². The quantitative estimate of drug-likeness (QED) is 0.678. The van der Waals surface area contributed by atoms with E-state index in [1.807, 2.05) is 37.2 Å². The summed E-state index contributed by atoms with van der Waals surface area (Å²) in [5.41, 5.74) is 2.84. The molecule has 0 N–H and O–H groups in total. The lowest BCUT2D eigenvalue weighted by atomic mass is 10.1. The van der Waals surface area contributed by atoms with Crippen molar-refractivity contribution in [2.75, 3.05) is 19.0 Å². The lowest BCUT2D eigenvalue weighted by molar-refractivity contribution is 0.623. The number of hydrogen-bond acceptors (Lipinski definition) is 2. The number of rotatable bonds is 2. The summed E-state index contributed by atoms with van der Waals surface area (Å²) in [6.45, 7) is 0. The van der Waals surface area contributed by atoms with Crippen molar-refractivity contribution < 1.29 is 8.81 Å². The van der Waals surface area contributed by atoms with Crippen LogP contribution in [0.2, 0.25) is 0 Å². The van der Waals surface area contributed by atoms with Gasteiger partial charge in [0.25, 0.3) is 0 Å². The third kappa shape index (κ3) is 2.19. The molecule has 1 heterocycles. The Hall–Kier alpha value is -2.29. The highest BCUT2D eigenvalue weighted by molar-refractivity contribution is 5.85. The molecule has 0 radical (unpaired) electrons. The van der Waals surface area contributed by atoms with E-state index in [9.17, 15) is 4.39 Å². The average Bonchev–Trinajstić information content (AvgIpc) is 2.82. The standard InChI is InChI=1S/C16H14FNO/c1-18(2)14-7-8-15-12(9-14)10-16(19-15)11-3-5-13(17)6-4-11/h3-10H,1-2H3. The zero-order chi connectivity index (χ0) is 13.4. The molecule has 0 saturated heterocycles. The fraction of sp³-hybridized carbons (Fsp3) is 0.125. The Morgan fingerprint density at radius 2 is 1.68 bits per heavy atom. The first-order valence-corrected chi connectivity index (χ1v) is 6.10. The Morgan fingerprint density at radius 1 is 0.947 bits per heavy atom. The van der Waals surface area contributed by atoms with E-state index in [1.54, 1.807) is 12.1 Å². The lowest BCUT2D eigenvalue weighted by Crippen LogP contribution is -2.07. The van der Waals surface area contributed by atoms with E-state index in [0.717, 1.165) is 28.0 Å². The maximum absolute atomic E-state index is 12.9. The lowest BCUT2D eigenvalue weighted by Gasteiger charge is -2.11. The van der Waals surface area contributed by atoms with Crippen molar-refractivity contribution in [3.63, 3.8) is 0 Å². The van der Waals surface area contributed by atoms with Gasteiger partial charge >= 0.3 is 0 Å². The molecular formula is C16H14FNO. The molecule has 0 atom stereocenters. The predicted molar refractivity (Wildman–Crippen MR) is 75.9 cm³/mol. The first kappa shape index (κ1) is 11.8. The summed E-state index contributed by atoms with van der Waals surface area (Å²) < 4.78 is 18.7. The maximum Gasteiger partial charge on any atom is 0.135 e.